The first-order valence-electron chi connectivity index (χ1n) is 46.9. The smallest absolute Gasteiger partial charge is 0.293 e. The molecule has 0 bridgehead atoms. The molecule has 1 saturated heterocycles. The summed E-state index contributed by atoms with van der Waals surface area (Å²) in [4.78, 5) is 133. The molecule has 8 amide bonds. The highest BCUT2D eigenvalue weighted by Gasteiger charge is 2.31. The van der Waals surface area contributed by atoms with Gasteiger partial charge in [0.25, 0.3) is 41.4 Å². The number of benzene rings is 2. The highest BCUT2D eigenvalue weighted by atomic mass is 16.5. The maximum Gasteiger partial charge on any atom is 0.293 e. The van der Waals surface area contributed by atoms with Crippen LogP contribution in [0.15, 0.2) is 134 Å². The second-order valence-electron chi connectivity index (χ2n) is 42.3. The number of nitrogens with zero attached hydrogens (tertiary/aromatic N) is 16. The third-order valence-electron chi connectivity index (χ3n) is 23.0. The summed E-state index contributed by atoms with van der Waals surface area (Å²) in [6.45, 7) is 62.2. The van der Waals surface area contributed by atoms with Crippen LogP contribution in [0.1, 0.15) is 242 Å². The van der Waals surface area contributed by atoms with Crippen molar-refractivity contribution in [2.75, 3.05) is 174 Å². The van der Waals surface area contributed by atoms with E-state index in [4.69, 9.17) is 46.4 Å². The second-order valence-corrected chi connectivity index (χ2v) is 42.3. The number of carbonyl (C=O) groups excluding carboxylic acids is 8. The van der Waals surface area contributed by atoms with Crippen molar-refractivity contribution in [3.8, 4) is 0 Å². The Morgan fingerprint density at radius 1 is 0.359 bits per heavy atom. The van der Waals surface area contributed by atoms with Gasteiger partial charge in [0.15, 0.2) is 0 Å². The van der Waals surface area contributed by atoms with E-state index in [2.05, 4.69) is 224 Å². The zero-order valence-corrected chi connectivity index (χ0v) is 90.9. The standard InChI is InChI=1S/C15H25N3O2.C15H22N2O2.2C14H24N4O2.C13H23N5O2.C13H21N3O3.C10H20N2O2.C7H13NO2/c1-15(2,3)18(5)11-10-17(4)13-8-6-12(7-9-13)14(19)16-20;1-15(2,3)17(4)11-13-7-5-12(6-8-13)9-10-14(18)16-19;1-14(2,3)18(5)9-8-17(4)11-6-7-12(15-10-11)13(19)16-20;1-14(2,3)18(5)9-8-17(4)12-7-6-11(10-15-12)13(19)16-20;1-13(2,3)18(5)7-6-17(4)12-14-8-10(9-15-12)11(19)16-20;1-13(2,3)19-8-7-16(4)11-6-5-10(9-14-11)12(17)15-18;1-10(2,3)12-6-4-8(5-7-12)9(13)11-14;1-7(2,3)5-4-6(9)8-10/h6-9,20H,10-11H2,1-5H3,(H,16,19);5-10,19H,11H2,1-4H3,(H,16,18);2*6-7,10,20H,8-9H2,1-5H3,(H,16,19);8-9,20H,6-7H2,1-5H3,(H,16,19);5-6,9,18H,7-8H2,1-4H3,(H,15,17);8,14H,4-7H2,1-3H3,(H,11,13);4-5,10H,1-3H3,(H,8,9)/b;10-9+;;;;;;5-4+. The Balaban J connectivity index is 0.00000161. The average molecular weight is 1990 g/mol. The number of pyridine rings is 3. The van der Waals surface area contributed by atoms with Gasteiger partial charge in [-0.2, -0.15) is 0 Å². The summed E-state index contributed by atoms with van der Waals surface area (Å²) in [6, 6.07) is 25.3. The minimum Gasteiger partial charge on any atom is -0.374 e. The van der Waals surface area contributed by atoms with Crippen molar-refractivity contribution in [3.63, 3.8) is 0 Å². The molecule has 5 heterocycles. The lowest BCUT2D eigenvalue weighted by atomic mass is 9.92. The first kappa shape index (κ1) is 131. The summed E-state index contributed by atoms with van der Waals surface area (Å²) in [7, 11) is 20.3. The molecule has 0 unspecified atom stereocenters. The van der Waals surface area contributed by atoms with E-state index in [0.29, 0.717) is 35.8 Å². The maximum atomic E-state index is 11.2. The number of nitrogens with one attached hydrogen (secondary N) is 8. The lowest BCUT2D eigenvalue weighted by molar-refractivity contribution is -0.135. The largest absolute Gasteiger partial charge is 0.374 e. The number of likely N-dealkylation sites (N-methyl/N-ethyl adjacent to an activating group) is 9. The highest BCUT2D eigenvalue weighted by Crippen LogP contribution is 2.26. The van der Waals surface area contributed by atoms with Crippen LogP contribution in [0.5, 0.6) is 0 Å². The molecule has 0 radical (unpaired) electrons. The van der Waals surface area contributed by atoms with Gasteiger partial charge in [-0.15, -0.1) is 0 Å². The van der Waals surface area contributed by atoms with Gasteiger partial charge in [-0.25, -0.2) is 68.8 Å². The Labute approximate surface area is 843 Å². The van der Waals surface area contributed by atoms with Crippen LogP contribution in [0.4, 0.5) is 29.0 Å². The number of hydrogen-bond acceptors (Lipinski definition) is 33. The van der Waals surface area contributed by atoms with Crippen molar-refractivity contribution in [1.82, 2.24) is 98.2 Å². The number of aromatic nitrogens is 5. The fourth-order valence-corrected chi connectivity index (χ4v) is 11.4. The van der Waals surface area contributed by atoms with Gasteiger partial charge in [-0.3, -0.25) is 109 Å². The fraction of sp³-hybridized carbons (Fsp3) is 0.574. The van der Waals surface area contributed by atoms with Gasteiger partial charge in [-0.05, 0) is 290 Å². The molecule has 798 valence electrons. The molecule has 4 aromatic heterocycles. The van der Waals surface area contributed by atoms with Crippen molar-refractivity contribution in [2.24, 2.45) is 11.3 Å². The van der Waals surface area contributed by atoms with Gasteiger partial charge in [-0.1, -0.05) is 51.1 Å². The summed E-state index contributed by atoms with van der Waals surface area (Å²) in [6.07, 6.45) is 14.9. The number of amides is 8. The van der Waals surface area contributed by atoms with Crippen LogP contribution in [0.3, 0.4) is 0 Å². The third kappa shape index (κ3) is 54.2. The van der Waals surface area contributed by atoms with Crippen LogP contribution in [0.2, 0.25) is 0 Å². The quantitative estimate of drug-likeness (QED) is 0.0109. The van der Waals surface area contributed by atoms with Gasteiger partial charge in [0.05, 0.1) is 40.8 Å². The lowest BCUT2D eigenvalue weighted by Crippen LogP contribution is -2.48. The summed E-state index contributed by atoms with van der Waals surface area (Å²) < 4.78 is 5.63. The Bertz CT molecular complexity index is 4370. The molecule has 41 nitrogen and oxygen atoms in total. The number of rotatable bonds is 31. The van der Waals surface area contributed by atoms with Gasteiger partial charge in [0.2, 0.25) is 11.9 Å². The molecule has 6 aromatic rings. The highest BCUT2D eigenvalue weighted by molar-refractivity contribution is 5.95. The summed E-state index contributed by atoms with van der Waals surface area (Å²) in [5.74, 6) is -2.04. The monoisotopic (exact) mass is 1990 g/mol. The predicted octanol–water partition coefficient (Wildman–Crippen LogP) is 11.5. The van der Waals surface area contributed by atoms with E-state index in [0.717, 1.165) is 113 Å². The number of anilines is 5. The maximum absolute atomic E-state index is 11.2. The molecule has 142 heavy (non-hydrogen) atoms. The predicted molar refractivity (Wildman–Crippen MR) is 558 cm³/mol. The molecular weight excluding hydrogens is 1820 g/mol. The van der Waals surface area contributed by atoms with Gasteiger partial charge < -0.3 is 29.2 Å². The van der Waals surface area contributed by atoms with Crippen molar-refractivity contribution in [2.45, 2.75) is 224 Å². The number of hydrogen-bond donors (Lipinski definition) is 16. The van der Waals surface area contributed by atoms with E-state index < -0.39 is 41.4 Å². The Morgan fingerprint density at radius 3 is 1.07 bits per heavy atom. The van der Waals surface area contributed by atoms with Crippen LogP contribution in [-0.4, -0.2) is 331 Å². The van der Waals surface area contributed by atoms with Crippen molar-refractivity contribution in [3.05, 3.63) is 173 Å². The lowest BCUT2D eigenvalue weighted by Gasteiger charge is -2.40. The molecule has 7 rings (SSSR count). The van der Waals surface area contributed by atoms with Crippen LogP contribution < -0.4 is 68.3 Å². The molecular formula is C101H172N24O17. The zero-order valence-electron chi connectivity index (χ0n) is 90.9. The van der Waals surface area contributed by atoms with Crippen molar-refractivity contribution in [1.29, 1.82) is 0 Å². The number of piperidine rings is 1. The molecule has 2 aromatic carbocycles. The molecule has 0 aliphatic carbocycles. The Hall–Kier alpha value is -11.4. The van der Waals surface area contributed by atoms with Crippen LogP contribution in [0.25, 0.3) is 6.08 Å². The third-order valence-corrected chi connectivity index (χ3v) is 23.0. The number of likely N-dealkylation sites (tertiary alicyclic amines) is 1. The van der Waals surface area contributed by atoms with E-state index in [-0.39, 0.29) is 67.3 Å². The van der Waals surface area contributed by atoms with Crippen molar-refractivity contribution >= 4 is 82.3 Å². The minimum absolute atomic E-state index is 0.0152. The molecule has 16 N–H and O–H groups in total. The number of carbonyl (C=O) groups is 8. The molecule has 0 atom stereocenters. The number of allylic oxidation sites excluding steroid dienone is 1. The normalized spacial score (nSPS) is 12.5. The first-order valence-corrected chi connectivity index (χ1v) is 46.9. The first-order chi connectivity index (χ1) is 65.6. The van der Waals surface area contributed by atoms with Gasteiger partial charge in [0.1, 0.15) is 17.3 Å². The van der Waals surface area contributed by atoms with E-state index in [9.17, 15) is 38.4 Å². The summed E-state index contributed by atoms with van der Waals surface area (Å²) >= 11 is 0. The number of ether oxygens (including phenoxy) is 1. The molecule has 41 heteroatoms. The van der Waals surface area contributed by atoms with Gasteiger partial charge >= 0.3 is 0 Å². The Morgan fingerprint density at radius 2 is 0.718 bits per heavy atom. The molecule has 1 fully saturated rings. The Kier molecular flexibility index (Phi) is 57.9. The molecule has 1 aliphatic rings. The molecule has 0 spiro atoms. The van der Waals surface area contributed by atoms with Gasteiger partial charge in [0, 0.05) is 188 Å². The minimum atomic E-state index is -0.619. The SMILES string of the molecule is CC(C)(C)/C=C/C(=O)NO.CC(C)(C)N1CCC(C(=O)NO)CC1.CN(CCN(C)C(C)(C)C)c1ccc(C(=O)NO)cc1.CN(CCN(C)C(C)(C)C)c1ccc(C(=O)NO)cn1.CN(CCN(C)C(C)(C)C)c1ccc(C(=O)NO)nc1.CN(CCN(C)C(C)(C)C)c1ncc(C(=O)NO)cn1.CN(CCOC(C)(C)C)c1ccc(C(=O)NO)cn1.CN(Cc1ccc(/C=C/C(=O)NO)cc1)C(C)(C)C. The molecule has 0 saturated carbocycles. The van der Waals surface area contributed by atoms with Crippen LogP contribution >= 0.6 is 0 Å². The van der Waals surface area contributed by atoms with Crippen LogP contribution in [0, 0.1) is 11.3 Å². The fourth-order valence-electron chi connectivity index (χ4n) is 11.4. The summed E-state index contributed by atoms with van der Waals surface area (Å²) in [5.41, 5.74) is 19.0. The van der Waals surface area contributed by atoms with E-state index in [1.165, 1.54) is 48.0 Å². The van der Waals surface area contributed by atoms with Crippen LogP contribution in [-0.2, 0) is 25.7 Å². The van der Waals surface area contributed by atoms with E-state index in [1.807, 2.05) is 134 Å². The summed E-state index contributed by atoms with van der Waals surface area (Å²) in [5, 5.41) is 67.6. The average Bonchev–Trinajstić information content (AvgIpc) is 0.834. The number of hydroxylamine groups is 8. The van der Waals surface area contributed by atoms with E-state index >= 15 is 0 Å². The van der Waals surface area contributed by atoms with E-state index in [1.54, 1.807) is 99.2 Å². The molecule has 1 aliphatic heterocycles. The second kappa shape index (κ2) is 62.9. The topological polar surface area (TPSA) is 504 Å². The zero-order chi connectivity index (χ0) is 109. The van der Waals surface area contributed by atoms with Crippen molar-refractivity contribution < 1.29 is 84.8 Å².